The highest BCUT2D eigenvalue weighted by Crippen LogP contribution is 2.13. The van der Waals surface area contributed by atoms with E-state index in [2.05, 4.69) is 28.8 Å². The van der Waals surface area contributed by atoms with Gasteiger partial charge in [-0.25, -0.2) is 13.1 Å². The highest BCUT2D eigenvalue weighted by molar-refractivity contribution is 7.89. The summed E-state index contributed by atoms with van der Waals surface area (Å²) in [5.41, 5.74) is 0. The number of hydrogen-bond acceptors (Lipinski definition) is 4. The van der Waals surface area contributed by atoms with Crippen LogP contribution >= 0.6 is 0 Å². The molecule has 1 heterocycles. The van der Waals surface area contributed by atoms with Gasteiger partial charge in [0.15, 0.2) is 0 Å². The molecule has 0 radical (unpaired) electrons. The highest BCUT2D eigenvalue weighted by Gasteiger charge is 2.21. The number of sulfonamides is 1. The van der Waals surface area contributed by atoms with Gasteiger partial charge in [0.05, 0.1) is 5.75 Å². The topological polar surface area (TPSA) is 61.4 Å². The first-order valence-corrected chi connectivity index (χ1v) is 9.06. The molecule has 5 nitrogen and oxygen atoms in total. The van der Waals surface area contributed by atoms with Crippen LogP contribution in [0.3, 0.4) is 0 Å². The molecule has 114 valence electrons. The van der Waals surface area contributed by atoms with E-state index in [-0.39, 0.29) is 11.8 Å². The Hall–Kier alpha value is -0.170. The lowest BCUT2D eigenvalue weighted by molar-refractivity contribution is 0.253. The second-order valence-electron chi connectivity index (χ2n) is 5.39. The fourth-order valence-corrected chi connectivity index (χ4v) is 3.99. The molecule has 6 heteroatoms. The maximum atomic E-state index is 12.1. The van der Waals surface area contributed by atoms with Crippen molar-refractivity contribution in [2.24, 2.45) is 5.92 Å². The van der Waals surface area contributed by atoms with Crippen molar-refractivity contribution in [1.82, 2.24) is 14.9 Å². The largest absolute Gasteiger partial charge is 0.314 e. The van der Waals surface area contributed by atoms with E-state index < -0.39 is 10.0 Å². The Balaban J connectivity index is 2.38. The molecular formula is C13H29N3O2S. The Kier molecular flexibility index (Phi) is 7.28. The molecule has 0 aliphatic carbocycles. The highest BCUT2D eigenvalue weighted by atomic mass is 32.2. The molecule has 1 unspecified atom stereocenters. The summed E-state index contributed by atoms with van der Waals surface area (Å²) in [6.07, 6.45) is 2.02. The van der Waals surface area contributed by atoms with Gasteiger partial charge in [-0.3, -0.25) is 4.90 Å². The summed E-state index contributed by atoms with van der Waals surface area (Å²) in [5.74, 6) is 0.631. The van der Waals surface area contributed by atoms with Crippen molar-refractivity contribution in [3.63, 3.8) is 0 Å². The van der Waals surface area contributed by atoms with Crippen molar-refractivity contribution < 1.29 is 8.42 Å². The third-order valence-corrected chi connectivity index (χ3v) is 5.46. The van der Waals surface area contributed by atoms with Gasteiger partial charge in [0, 0.05) is 38.8 Å². The van der Waals surface area contributed by atoms with Crippen molar-refractivity contribution >= 4 is 10.0 Å². The molecule has 1 aliphatic rings. The van der Waals surface area contributed by atoms with E-state index in [4.69, 9.17) is 0 Å². The van der Waals surface area contributed by atoms with Gasteiger partial charge in [0.1, 0.15) is 0 Å². The van der Waals surface area contributed by atoms with Crippen molar-refractivity contribution in [3.8, 4) is 0 Å². The van der Waals surface area contributed by atoms with E-state index in [9.17, 15) is 8.42 Å². The smallest absolute Gasteiger partial charge is 0.213 e. The van der Waals surface area contributed by atoms with Gasteiger partial charge in [-0.15, -0.1) is 0 Å². The van der Waals surface area contributed by atoms with Gasteiger partial charge in [0.2, 0.25) is 10.0 Å². The fourth-order valence-electron chi connectivity index (χ4n) is 2.62. The predicted molar refractivity (Wildman–Crippen MR) is 79.8 cm³/mol. The SMILES string of the molecule is CCC(CC)C(C)NS(=O)(=O)CCN1CCNCC1. The molecule has 19 heavy (non-hydrogen) atoms. The zero-order chi connectivity index (χ0) is 14.3. The van der Waals surface area contributed by atoms with Crippen LogP contribution in [0.25, 0.3) is 0 Å². The Morgan fingerprint density at radius 3 is 2.32 bits per heavy atom. The lowest BCUT2D eigenvalue weighted by Crippen LogP contribution is -2.47. The number of hydrogen-bond donors (Lipinski definition) is 2. The maximum Gasteiger partial charge on any atom is 0.213 e. The van der Waals surface area contributed by atoms with Gasteiger partial charge in [0.25, 0.3) is 0 Å². The molecule has 0 aromatic heterocycles. The van der Waals surface area contributed by atoms with Crippen molar-refractivity contribution in [2.45, 2.75) is 39.7 Å². The lowest BCUT2D eigenvalue weighted by Gasteiger charge is -2.27. The van der Waals surface area contributed by atoms with Crippen LogP contribution in [0.5, 0.6) is 0 Å². The number of nitrogens with zero attached hydrogens (tertiary/aromatic N) is 1. The number of rotatable bonds is 8. The van der Waals surface area contributed by atoms with Gasteiger partial charge in [-0.05, 0) is 12.8 Å². The van der Waals surface area contributed by atoms with Crippen LogP contribution < -0.4 is 10.0 Å². The third kappa shape index (κ3) is 6.21. The first kappa shape index (κ1) is 16.9. The third-order valence-electron chi connectivity index (χ3n) is 4.01. The van der Waals surface area contributed by atoms with E-state index in [1.807, 2.05) is 6.92 Å². The summed E-state index contributed by atoms with van der Waals surface area (Å²) in [4.78, 5) is 2.21. The minimum atomic E-state index is -3.16. The van der Waals surface area contributed by atoms with Gasteiger partial charge in [-0.2, -0.15) is 0 Å². The second-order valence-corrected chi connectivity index (χ2v) is 7.27. The number of piperazine rings is 1. The van der Waals surface area contributed by atoms with E-state index in [1.165, 1.54) is 0 Å². The molecule has 0 bridgehead atoms. The van der Waals surface area contributed by atoms with Crippen LogP contribution in [0.2, 0.25) is 0 Å². The van der Waals surface area contributed by atoms with Crippen LogP contribution in [0.1, 0.15) is 33.6 Å². The molecule has 1 fully saturated rings. The monoisotopic (exact) mass is 291 g/mol. The summed E-state index contributed by atoms with van der Waals surface area (Å²) in [5, 5.41) is 3.27. The molecule has 1 saturated heterocycles. The lowest BCUT2D eigenvalue weighted by atomic mass is 9.96. The molecule has 1 rings (SSSR count). The maximum absolute atomic E-state index is 12.1. The average Bonchev–Trinajstić information content (AvgIpc) is 2.38. The Labute approximate surface area is 118 Å². The molecule has 0 aromatic rings. The Morgan fingerprint density at radius 2 is 1.79 bits per heavy atom. The van der Waals surface area contributed by atoms with Crippen LogP contribution in [0.15, 0.2) is 0 Å². The summed E-state index contributed by atoms with van der Waals surface area (Å²) in [6, 6.07) is 0.0306. The quantitative estimate of drug-likeness (QED) is 0.689. The van der Waals surface area contributed by atoms with E-state index in [1.54, 1.807) is 0 Å². The number of nitrogens with one attached hydrogen (secondary N) is 2. The minimum absolute atomic E-state index is 0.0306. The van der Waals surface area contributed by atoms with Crippen molar-refractivity contribution in [2.75, 3.05) is 38.5 Å². The van der Waals surface area contributed by atoms with E-state index in [0.717, 1.165) is 39.0 Å². The molecule has 2 N–H and O–H groups in total. The zero-order valence-corrected chi connectivity index (χ0v) is 13.3. The van der Waals surface area contributed by atoms with Gasteiger partial charge in [-0.1, -0.05) is 26.7 Å². The molecule has 1 atom stereocenters. The molecule has 0 aromatic carbocycles. The zero-order valence-electron chi connectivity index (χ0n) is 12.5. The Morgan fingerprint density at radius 1 is 1.21 bits per heavy atom. The molecular weight excluding hydrogens is 262 g/mol. The summed E-state index contributed by atoms with van der Waals surface area (Å²) >= 11 is 0. The fraction of sp³-hybridized carbons (Fsp3) is 1.00. The van der Waals surface area contributed by atoms with E-state index in [0.29, 0.717) is 12.5 Å². The first-order valence-electron chi connectivity index (χ1n) is 7.41. The van der Waals surface area contributed by atoms with Crippen LogP contribution in [0.4, 0.5) is 0 Å². The van der Waals surface area contributed by atoms with Crippen LogP contribution in [-0.2, 0) is 10.0 Å². The first-order chi connectivity index (χ1) is 8.98. The van der Waals surface area contributed by atoms with Crippen LogP contribution in [0, 0.1) is 5.92 Å². The standard InChI is InChI=1S/C13H29N3O2S/c1-4-13(5-2)12(3)15-19(17,18)11-10-16-8-6-14-7-9-16/h12-15H,4-11H2,1-3H3. The molecule has 0 spiro atoms. The summed E-state index contributed by atoms with van der Waals surface area (Å²) in [7, 11) is -3.16. The average molecular weight is 291 g/mol. The Bertz CT molecular complexity index is 336. The van der Waals surface area contributed by atoms with E-state index >= 15 is 0 Å². The van der Waals surface area contributed by atoms with Gasteiger partial charge >= 0.3 is 0 Å². The molecule has 0 saturated carbocycles. The normalized spacial score (nSPS) is 19.8. The summed E-state index contributed by atoms with van der Waals surface area (Å²) in [6.45, 7) is 10.6. The van der Waals surface area contributed by atoms with Crippen LogP contribution in [-0.4, -0.2) is 57.8 Å². The minimum Gasteiger partial charge on any atom is -0.314 e. The second kappa shape index (κ2) is 8.19. The molecule has 1 aliphatic heterocycles. The van der Waals surface area contributed by atoms with Crippen molar-refractivity contribution in [1.29, 1.82) is 0 Å². The van der Waals surface area contributed by atoms with Crippen molar-refractivity contribution in [3.05, 3.63) is 0 Å². The summed E-state index contributed by atoms with van der Waals surface area (Å²) < 4.78 is 27.0. The predicted octanol–water partition coefficient (Wildman–Crippen LogP) is 0.636. The van der Waals surface area contributed by atoms with Gasteiger partial charge < -0.3 is 5.32 Å². The molecule has 0 amide bonds.